The van der Waals surface area contributed by atoms with Crippen LogP contribution in [0.15, 0.2) is 29.2 Å². The minimum atomic E-state index is -3.60. The Bertz CT molecular complexity index is 619. The quantitative estimate of drug-likeness (QED) is 0.799. The molecule has 0 bridgehead atoms. The van der Waals surface area contributed by atoms with Crippen LogP contribution in [0.2, 0.25) is 0 Å². The number of hydrogen-bond acceptors (Lipinski definition) is 4. The number of sulfonamides is 1. The van der Waals surface area contributed by atoms with Crippen LogP contribution in [0.1, 0.15) is 37.0 Å². The van der Waals surface area contributed by atoms with Gasteiger partial charge in [0.05, 0.1) is 4.90 Å². The molecule has 0 saturated carbocycles. The number of halogens is 1. The summed E-state index contributed by atoms with van der Waals surface area (Å²) in [7, 11) is -3.60. The van der Waals surface area contributed by atoms with Crippen molar-refractivity contribution >= 4 is 28.2 Å². The number of carbonyl (C=O) groups excluding carboxylic acids is 1. The van der Waals surface area contributed by atoms with Crippen LogP contribution in [0.4, 0.5) is 0 Å². The standard InChI is InChI=1S/C15H22N2O3S.ClH/c1-3-15(18)12-5-4-6-13(9-12)21(19,20)17-14-10-16-8-7-11(14)2;/h4-6,9,11,14,16-17H,3,7-8,10H2,1-2H3;1H. The van der Waals surface area contributed by atoms with Gasteiger partial charge in [0.2, 0.25) is 10.0 Å². The van der Waals surface area contributed by atoms with Crippen molar-refractivity contribution < 1.29 is 13.2 Å². The molecule has 7 heteroatoms. The molecule has 1 aromatic rings. The monoisotopic (exact) mass is 346 g/mol. The van der Waals surface area contributed by atoms with Crippen molar-refractivity contribution in [1.82, 2.24) is 10.0 Å². The van der Waals surface area contributed by atoms with Crippen LogP contribution in [-0.2, 0) is 10.0 Å². The van der Waals surface area contributed by atoms with Gasteiger partial charge in [-0.3, -0.25) is 4.79 Å². The molecule has 1 saturated heterocycles. The fourth-order valence-electron chi connectivity index (χ4n) is 2.46. The molecule has 5 nitrogen and oxygen atoms in total. The number of rotatable bonds is 5. The van der Waals surface area contributed by atoms with Crippen LogP contribution in [0.5, 0.6) is 0 Å². The van der Waals surface area contributed by atoms with Crippen LogP contribution in [0, 0.1) is 5.92 Å². The molecule has 124 valence electrons. The summed E-state index contributed by atoms with van der Waals surface area (Å²) in [5.41, 5.74) is 0.440. The summed E-state index contributed by atoms with van der Waals surface area (Å²) in [4.78, 5) is 11.9. The molecule has 1 heterocycles. The summed E-state index contributed by atoms with van der Waals surface area (Å²) < 4.78 is 27.7. The second-order valence-corrected chi connectivity index (χ2v) is 7.22. The van der Waals surface area contributed by atoms with Crippen molar-refractivity contribution in [2.24, 2.45) is 5.92 Å². The highest BCUT2D eigenvalue weighted by Crippen LogP contribution is 2.17. The molecule has 1 aliphatic heterocycles. The van der Waals surface area contributed by atoms with Crippen molar-refractivity contribution in [1.29, 1.82) is 0 Å². The average molecular weight is 347 g/mol. The van der Waals surface area contributed by atoms with E-state index < -0.39 is 10.0 Å². The van der Waals surface area contributed by atoms with E-state index >= 15 is 0 Å². The molecule has 1 aliphatic rings. The molecule has 2 N–H and O–H groups in total. The van der Waals surface area contributed by atoms with Crippen LogP contribution in [0.25, 0.3) is 0 Å². The van der Waals surface area contributed by atoms with Gasteiger partial charge >= 0.3 is 0 Å². The molecule has 0 aliphatic carbocycles. The second-order valence-electron chi connectivity index (χ2n) is 5.50. The lowest BCUT2D eigenvalue weighted by Gasteiger charge is -2.30. The zero-order valence-electron chi connectivity index (χ0n) is 12.8. The average Bonchev–Trinajstić information content (AvgIpc) is 2.49. The molecule has 2 unspecified atom stereocenters. The van der Waals surface area contributed by atoms with E-state index in [0.717, 1.165) is 13.0 Å². The van der Waals surface area contributed by atoms with Crippen molar-refractivity contribution in [3.05, 3.63) is 29.8 Å². The predicted octanol–water partition coefficient (Wildman–Crippen LogP) is 1.98. The van der Waals surface area contributed by atoms with Gasteiger partial charge in [-0.1, -0.05) is 26.0 Å². The third-order valence-corrected chi connectivity index (χ3v) is 5.41. The van der Waals surface area contributed by atoms with Gasteiger partial charge in [-0.2, -0.15) is 0 Å². The Labute approximate surface area is 138 Å². The van der Waals surface area contributed by atoms with Crippen LogP contribution in [0.3, 0.4) is 0 Å². The first-order valence-corrected chi connectivity index (χ1v) is 8.78. The molecule has 1 fully saturated rings. The number of hydrogen-bond donors (Lipinski definition) is 2. The molecule has 1 aromatic carbocycles. The summed E-state index contributed by atoms with van der Waals surface area (Å²) in [5, 5.41) is 3.20. The molecule has 0 aromatic heterocycles. The zero-order chi connectivity index (χ0) is 15.5. The minimum Gasteiger partial charge on any atom is -0.315 e. The summed E-state index contributed by atoms with van der Waals surface area (Å²) in [5.74, 6) is 0.237. The van der Waals surface area contributed by atoms with E-state index in [1.54, 1.807) is 19.1 Å². The summed E-state index contributed by atoms with van der Waals surface area (Å²) >= 11 is 0. The molecule has 0 spiro atoms. The minimum absolute atomic E-state index is 0. The Kier molecular flexibility index (Phi) is 6.99. The van der Waals surface area contributed by atoms with Gasteiger partial charge in [0.15, 0.2) is 5.78 Å². The Morgan fingerprint density at radius 2 is 2.14 bits per heavy atom. The van der Waals surface area contributed by atoms with Gasteiger partial charge in [0.1, 0.15) is 0 Å². The Morgan fingerprint density at radius 1 is 1.41 bits per heavy atom. The summed E-state index contributed by atoms with van der Waals surface area (Å²) in [6, 6.07) is 6.12. The van der Waals surface area contributed by atoms with E-state index in [2.05, 4.69) is 10.0 Å². The molecule has 2 atom stereocenters. The maximum Gasteiger partial charge on any atom is 0.240 e. The first-order valence-electron chi connectivity index (χ1n) is 7.30. The van der Waals surface area contributed by atoms with E-state index in [0.29, 0.717) is 24.4 Å². The highest BCUT2D eigenvalue weighted by molar-refractivity contribution is 7.89. The van der Waals surface area contributed by atoms with Crippen molar-refractivity contribution in [2.45, 2.75) is 37.6 Å². The lowest BCUT2D eigenvalue weighted by Crippen LogP contribution is -2.50. The number of nitrogens with one attached hydrogen (secondary N) is 2. The Hall–Kier alpha value is -0.950. The van der Waals surface area contributed by atoms with Gasteiger partial charge in [-0.15, -0.1) is 12.4 Å². The molecular formula is C15H23ClN2O3S. The Balaban J connectivity index is 0.00000242. The lowest BCUT2D eigenvalue weighted by molar-refractivity contribution is 0.0988. The van der Waals surface area contributed by atoms with E-state index in [9.17, 15) is 13.2 Å². The van der Waals surface area contributed by atoms with E-state index in [-0.39, 0.29) is 29.1 Å². The fraction of sp³-hybridized carbons (Fsp3) is 0.533. The molecule has 2 rings (SSSR count). The second kappa shape index (κ2) is 8.06. The largest absolute Gasteiger partial charge is 0.315 e. The number of Topliss-reactive ketones (excluding diaryl/α,β-unsaturated/α-hetero) is 1. The van der Waals surface area contributed by atoms with E-state index in [1.807, 2.05) is 6.92 Å². The van der Waals surface area contributed by atoms with Gasteiger partial charge < -0.3 is 5.32 Å². The van der Waals surface area contributed by atoms with Gasteiger partial charge in [-0.25, -0.2) is 13.1 Å². The molecule has 22 heavy (non-hydrogen) atoms. The van der Waals surface area contributed by atoms with E-state index in [1.165, 1.54) is 12.1 Å². The zero-order valence-corrected chi connectivity index (χ0v) is 14.5. The lowest BCUT2D eigenvalue weighted by atomic mass is 9.96. The van der Waals surface area contributed by atoms with Gasteiger partial charge in [0, 0.05) is 24.6 Å². The van der Waals surface area contributed by atoms with Crippen LogP contribution >= 0.6 is 12.4 Å². The highest BCUT2D eigenvalue weighted by Gasteiger charge is 2.26. The maximum atomic E-state index is 12.5. The van der Waals surface area contributed by atoms with Crippen molar-refractivity contribution in [3.63, 3.8) is 0 Å². The number of benzene rings is 1. The number of piperidine rings is 1. The molecule has 0 radical (unpaired) electrons. The summed E-state index contributed by atoms with van der Waals surface area (Å²) in [6.45, 7) is 5.36. The maximum absolute atomic E-state index is 12.5. The topological polar surface area (TPSA) is 75.3 Å². The van der Waals surface area contributed by atoms with E-state index in [4.69, 9.17) is 0 Å². The molecule has 0 amide bonds. The highest BCUT2D eigenvalue weighted by atomic mass is 35.5. The SMILES string of the molecule is CCC(=O)c1cccc(S(=O)(=O)NC2CNCCC2C)c1.Cl. The number of carbonyl (C=O) groups is 1. The smallest absolute Gasteiger partial charge is 0.240 e. The van der Waals surface area contributed by atoms with Crippen LogP contribution in [-0.4, -0.2) is 33.3 Å². The fourth-order valence-corrected chi connectivity index (χ4v) is 3.85. The first kappa shape index (κ1) is 19.1. The third kappa shape index (κ3) is 4.52. The summed E-state index contributed by atoms with van der Waals surface area (Å²) in [6.07, 6.45) is 1.31. The van der Waals surface area contributed by atoms with Crippen molar-refractivity contribution in [2.75, 3.05) is 13.1 Å². The van der Waals surface area contributed by atoms with Gasteiger partial charge in [-0.05, 0) is 31.0 Å². The first-order chi connectivity index (χ1) is 9.94. The van der Waals surface area contributed by atoms with Crippen molar-refractivity contribution in [3.8, 4) is 0 Å². The van der Waals surface area contributed by atoms with Crippen LogP contribution < -0.4 is 10.0 Å². The number of ketones is 1. The van der Waals surface area contributed by atoms with Gasteiger partial charge in [0.25, 0.3) is 0 Å². The normalized spacial score (nSPS) is 21.9. The third-order valence-electron chi connectivity index (χ3n) is 3.92. The predicted molar refractivity (Wildman–Crippen MR) is 89.1 cm³/mol. The molecular weight excluding hydrogens is 324 g/mol. The Morgan fingerprint density at radius 3 is 2.77 bits per heavy atom.